The quantitative estimate of drug-likeness (QED) is 0.381. The molecule has 96 valence electrons. The van der Waals surface area contributed by atoms with Crippen LogP contribution in [0.3, 0.4) is 0 Å². The number of nitrogens with zero attached hydrogens (tertiary/aromatic N) is 1. The van der Waals surface area contributed by atoms with Crippen LogP contribution in [0.5, 0.6) is 0 Å². The van der Waals surface area contributed by atoms with Gasteiger partial charge in [0.05, 0.1) is 0 Å². The molecule has 0 aromatic carbocycles. The predicted molar refractivity (Wildman–Crippen MR) is 63.7 cm³/mol. The maximum Gasteiger partial charge on any atom is 0.508 e. The highest BCUT2D eigenvalue weighted by Crippen LogP contribution is 2.25. The molecule has 0 aliphatic rings. The highest BCUT2D eigenvalue weighted by Gasteiger charge is 2.19. The number of carbonyl (C=O) groups excluding carboxylic acids is 1. The minimum absolute atomic E-state index is 0.321. The molecule has 0 heterocycles. The van der Waals surface area contributed by atoms with Crippen molar-refractivity contribution in [3.8, 4) is 6.07 Å². The van der Waals surface area contributed by atoms with E-state index >= 15 is 0 Å². The number of rotatable bonds is 8. The Kier molecular flexibility index (Phi) is 8.57. The normalized spacial score (nSPS) is 13.0. The van der Waals surface area contributed by atoms with Crippen molar-refractivity contribution in [3.63, 3.8) is 0 Å². The summed E-state index contributed by atoms with van der Waals surface area (Å²) in [5.41, 5.74) is 0. The molecule has 0 fully saturated rings. The third kappa shape index (κ3) is 9.92. The van der Waals surface area contributed by atoms with Gasteiger partial charge in [-0.25, -0.2) is 0 Å². The minimum atomic E-state index is -1.61. The third-order valence-corrected chi connectivity index (χ3v) is 3.31. The van der Waals surface area contributed by atoms with E-state index < -0.39 is 20.1 Å². The first-order valence-electron chi connectivity index (χ1n) is 5.60. The van der Waals surface area contributed by atoms with Crippen LogP contribution >= 0.6 is 8.03 Å². The lowest BCUT2D eigenvalue weighted by Crippen LogP contribution is -2.14. The van der Waals surface area contributed by atoms with Gasteiger partial charge in [0, 0.05) is 19.3 Å². The second-order valence-electron chi connectivity index (χ2n) is 4.11. The average molecular weight is 260 g/mol. The van der Waals surface area contributed by atoms with Gasteiger partial charge in [-0.2, -0.15) is 5.26 Å². The molecule has 0 saturated carbocycles. The van der Waals surface area contributed by atoms with Gasteiger partial charge >= 0.3 is 14.0 Å². The number of esters is 1. The van der Waals surface area contributed by atoms with Crippen molar-refractivity contribution >= 4 is 14.0 Å². The molecule has 0 aromatic heterocycles. The summed E-state index contributed by atoms with van der Waals surface area (Å²) in [6.45, 7) is 5.54. The molecule has 0 saturated heterocycles. The summed E-state index contributed by atoms with van der Waals surface area (Å²) in [7, 11) is -1.61. The van der Waals surface area contributed by atoms with Crippen molar-refractivity contribution in [2.75, 3.05) is 12.8 Å². The maximum atomic E-state index is 11.3. The first kappa shape index (κ1) is 16.0. The predicted octanol–water partition coefficient (Wildman–Crippen LogP) is 2.64. The highest BCUT2D eigenvalue weighted by molar-refractivity contribution is 7.39. The zero-order valence-electron chi connectivity index (χ0n) is 10.5. The number of carbonyl (C=O) groups is 1. The molecule has 0 N–H and O–H groups in total. The minimum Gasteiger partial charge on any atom is -0.447 e. The van der Waals surface area contributed by atoms with E-state index in [0.29, 0.717) is 31.5 Å². The van der Waals surface area contributed by atoms with E-state index in [4.69, 9.17) is 14.5 Å². The van der Waals surface area contributed by atoms with Gasteiger partial charge in [-0.05, 0) is 11.0 Å². The second kappa shape index (κ2) is 9.09. The molecule has 0 spiro atoms. The van der Waals surface area contributed by atoms with Gasteiger partial charge in [0.15, 0.2) is 12.3 Å². The van der Waals surface area contributed by atoms with Crippen LogP contribution in [0.4, 0.5) is 0 Å². The lowest BCUT2D eigenvalue weighted by Gasteiger charge is -2.07. The molecule has 6 heteroatoms. The molecule has 0 rings (SSSR count). The van der Waals surface area contributed by atoms with Crippen molar-refractivity contribution in [2.24, 2.45) is 5.92 Å². The van der Waals surface area contributed by atoms with Crippen molar-refractivity contribution in [3.05, 3.63) is 0 Å². The summed E-state index contributed by atoms with van der Waals surface area (Å²) < 4.78 is 21.2. The van der Waals surface area contributed by atoms with E-state index in [2.05, 4.69) is 0 Å². The monoisotopic (exact) mass is 260 g/mol. The van der Waals surface area contributed by atoms with Gasteiger partial charge in [0.25, 0.3) is 0 Å². The number of hydrogen-bond donors (Lipinski definition) is 0. The van der Waals surface area contributed by atoms with Crippen LogP contribution < -0.4 is 0 Å². The van der Waals surface area contributed by atoms with E-state index in [1.807, 2.05) is 19.9 Å². The van der Waals surface area contributed by atoms with Crippen LogP contribution in [0.2, 0.25) is 0 Å². The molecule has 0 aliphatic carbocycles. The standard InChI is InChI=1S/C11H19NO4P/c1-9(2)8-17(14)15-6-4-5-11(7-12)16-10(3)13/h9,11H,4-6,8H2,1-3H3/q+1. The van der Waals surface area contributed by atoms with Crippen LogP contribution in [0.25, 0.3) is 0 Å². The molecule has 0 aliphatic heterocycles. The summed E-state index contributed by atoms with van der Waals surface area (Å²) in [4.78, 5) is 10.6. The Bertz CT molecular complexity index is 298. The maximum absolute atomic E-state index is 11.3. The first-order chi connectivity index (χ1) is 7.95. The molecule has 2 atom stereocenters. The third-order valence-electron chi connectivity index (χ3n) is 1.81. The Morgan fingerprint density at radius 3 is 2.59 bits per heavy atom. The Hall–Kier alpha value is -0.980. The van der Waals surface area contributed by atoms with E-state index in [9.17, 15) is 9.36 Å². The van der Waals surface area contributed by atoms with Crippen LogP contribution in [0, 0.1) is 17.2 Å². The number of hydrogen-bond acceptors (Lipinski definition) is 5. The Morgan fingerprint density at radius 1 is 1.47 bits per heavy atom. The van der Waals surface area contributed by atoms with Gasteiger partial charge in [0.2, 0.25) is 0 Å². The first-order valence-corrected chi connectivity index (χ1v) is 6.96. The molecule has 17 heavy (non-hydrogen) atoms. The van der Waals surface area contributed by atoms with Crippen LogP contribution in [-0.4, -0.2) is 24.8 Å². The van der Waals surface area contributed by atoms with Crippen LogP contribution in [0.1, 0.15) is 33.6 Å². The molecule has 5 nitrogen and oxygen atoms in total. The van der Waals surface area contributed by atoms with Crippen LogP contribution in [-0.2, 0) is 18.6 Å². The fourth-order valence-electron chi connectivity index (χ4n) is 1.14. The Labute approximate surface area is 103 Å². The van der Waals surface area contributed by atoms with Crippen LogP contribution in [0.15, 0.2) is 0 Å². The van der Waals surface area contributed by atoms with E-state index in [-0.39, 0.29) is 0 Å². The molecule has 0 aromatic rings. The van der Waals surface area contributed by atoms with Gasteiger partial charge in [-0.15, -0.1) is 4.52 Å². The Morgan fingerprint density at radius 2 is 2.12 bits per heavy atom. The average Bonchev–Trinajstić information content (AvgIpc) is 2.20. The summed E-state index contributed by atoms with van der Waals surface area (Å²) in [5.74, 6) is -0.130. The molecular formula is C11H19NO4P+. The fourth-order valence-corrected chi connectivity index (χ4v) is 2.17. The molecule has 0 radical (unpaired) electrons. The number of nitriles is 1. The largest absolute Gasteiger partial charge is 0.508 e. The van der Waals surface area contributed by atoms with E-state index in [0.717, 1.165) is 0 Å². The molecule has 0 bridgehead atoms. The van der Waals surface area contributed by atoms with Crippen molar-refractivity contribution in [1.29, 1.82) is 5.26 Å². The smallest absolute Gasteiger partial charge is 0.447 e. The van der Waals surface area contributed by atoms with Gasteiger partial charge in [-0.1, -0.05) is 13.8 Å². The summed E-state index contributed by atoms with van der Waals surface area (Å²) in [6, 6.07) is 1.88. The Balaban J connectivity index is 3.66. The molecule has 0 amide bonds. The SMILES string of the molecule is CC(=O)OC(C#N)CCCO[P+](=O)CC(C)C. The van der Waals surface area contributed by atoms with Crippen molar-refractivity contribution in [1.82, 2.24) is 0 Å². The highest BCUT2D eigenvalue weighted by atomic mass is 31.1. The van der Waals surface area contributed by atoms with Crippen molar-refractivity contribution < 1.29 is 18.6 Å². The van der Waals surface area contributed by atoms with E-state index in [1.165, 1.54) is 6.92 Å². The van der Waals surface area contributed by atoms with Crippen molar-refractivity contribution in [2.45, 2.75) is 39.7 Å². The summed E-state index contributed by atoms with van der Waals surface area (Å²) >= 11 is 0. The summed E-state index contributed by atoms with van der Waals surface area (Å²) in [5, 5.41) is 8.68. The lowest BCUT2D eigenvalue weighted by molar-refractivity contribution is -0.144. The number of ether oxygens (including phenoxy) is 1. The topological polar surface area (TPSA) is 76.4 Å². The molecular weight excluding hydrogens is 241 g/mol. The lowest BCUT2D eigenvalue weighted by atomic mass is 10.2. The van der Waals surface area contributed by atoms with Gasteiger partial charge in [-0.3, -0.25) is 4.79 Å². The van der Waals surface area contributed by atoms with E-state index in [1.54, 1.807) is 0 Å². The zero-order valence-corrected chi connectivity index (χ0v) is 11.4. The van der Waals surface area contributed by atoms with Gasteiger partial charge in [0.1, 0.15) is 12.7 Å². The fraction of sp³-hybridized carbons (Fsp3) is 0.818. The zero-order chi connectivity index (χ0) is 13.3. The second-order valence-corrected chi connectivity index (χ2v) is 5.40. The van der Waals surface area contributed by atoms with Gasteiger partial charge < -0.3 is 4.74 Å². The summed E-state index contributed by atoms with van der Waals surface area (Å²) in [6.07, 6.45) is 0.756. The molecule has 2 unspecified atom stereocenters.